The molecule has 0 radical (unpaired) electrons. The minimum atomic E-state index is 1.15. The molecule has 0 atom stereocenters. The second kappa shape index (κ2) is 5.72. The third-order valence-electron chi connectivity index (χ3n) is 4.10. The van der Waals surface area contributed by atoms with E-state index in [0.29, 0.717) is 0 Å². The molecule has 98 valence electrons. The first-order valence-corrected chi connectivity index (χ1v) is 7.19. The summed E-state index contributed by atoms with van der Waals surface area (Å²) in [4.78, 5) is 5.15. The SMILES string of the molecule is c1ccc2c(c1)CCN2CCN1CCCNCC1. The van der Waals surface area contributed by atoms with Gasteiger partial charge in [-0.3, -0.25) is 0 Å². The summed E-state index contributed by atoms with van der Waals surface area (Å²) in [5.41, 5.74) is 2.99. The van der Waals surface area contributed by atoms with E-state index in [-0.39, 0.29) is 0 Å². The van der Waals surface area contributed by atoms with Crippen LogP contribution in [0.1, 0.15) is 12.0 Å². The fourth-order valence-electron chi connectivity index (χ4n) is 3.03. The predicted octanol–water partition coefficient (Wildman–Crippen LogP) is 1.34. The van der Waals surface area contributed by atoms with Gasteiger partial charge in [0.15, 0.2) is 0 Å². The van der Waals surface area contributed by atoms with Crippen molar-refractivity contribution in [2.24, 2.45) is 0 Å². The summed E-state index contributed by atoms with van der Waals surface area (Å²) in [6, 6.07) is 8.85. The Morgan fingerprint density at radius 3 is 2.94 bits per heavy atom. The lowest BCUT2D eigenvalue weighted by atomic mass is 10.2. The van der Waals surface area contributed by atoms with Crippen LogP contribution < -0.4 is 10.2 Å². The van der Waals surface area contributed by atoms with Gasteiger partial charge in [0.05, 0.1) is 0 Å². The fourth-order valence-corrected chi connectivity index (χ4v) is 3.03. The van der Waals surface area contributed by atoms with Crippen molar-refractivity contribution >= 4 is 5.69 Å². The van der Waals surface area contributed by atoms with Gasteiger partial charge >= 0.3 is 0 Å². The van der Waals surface area contributed by atoms with E-state index < -0.39 is 0 Å². The second-order valence-electron chi connectivity index (χ2n) is 5.31. The maximum Gasteiger partial charge on any atom is 0.0399 e. The molecule has 18 heavy (non-hydrogen) atoms. The van der Waals surface area contributed by atoms with Crippen LogP contribution in [0.4, 0.5) is 5.69 Å². The van der Waals surface area contributed by atoms with E-state index in [9.17, 15) is 0 Å². The van der Waals surface area contributed by atoms with Crippen molar-refractivity contribution in [3.8, 4) is 0 Å². The predicted molar refractivity (Wildman–Crippen MR) is 76.3 cm³/mol. The van der Waals surface area contributed by atoms with E-state index >= 15 is 0 Å². The molecule has 1 saturated heterocycles. The molecule has 2 aliphatic rings. The number of anilines is 1. The molecule has 3 heteroatoms. The molecule has 1 aromatic carbocycles. The summed E-state index contributed by atoms with van der Waals surface area (Å²) >= 11 is 0. The molecule has 0 spiro atoms. The molecular weight excluding hydrogens is 222 g/mol. The molecule has 0 bridgehead atoms. The molecule has 1 N–H and O–H groups in total. The van der Waals surface area contributed by atoms with E-state index in [1.807, 2.05) is 0 Å². The average molecular weight is 245 g/mol. The van der Waals surface area contributed by atoms with Crippen molar-refractivity contribution in [1.29, 1.82) is 0 Å². The zero-order valence-electron chi connectivity index (χ0n) is 11.1. The summed E-state index contributed by atoms with van der Waals surface area (Å²) in [7, 11) is 0. The van der Waals surface area contributed by atoms with Crippen molar-refractivity contribution in [2.45, 2.75) is 12.8 Å². The standard InChI is InChI=1S/C15H23N3/c1-2-5-15-14(4-1)6-10-18(15)13-12-17-9-3-7-16-8-11-17/h1-2,4-5,16H,3,6-13H2. The molecule has 3 rings (SSSR count). The van der Waals surface area contributed by atoms with Crippen LogP contribution in [0.25, 0.3) is 0 Å². The number of para-hydroxylation sites is 1. The van der Waals surface area contributed by atoms with Gasteiger partial charge in [0, 0.05) is 38.4 Å². The number of fused-ring (bicyclic) bond motifs is 1. The summed E-state index contributed by atoms with van der Waals surface area (Å²) in [6.45, 7) is 8.37. The van der Waals surface area contributed by atoms with Gasteiger partial charge in [0.1, 0.15) is 0 Å². The van der Waals surface area contributed by atoms with Crippen LogP contribution >= 0.6 is 0 Å². The monoisotopic (exact) mass is 245 g/mol. The smallest absolute Gasteiger partial charge is 0.0399 e. The van der Waals surface area contributed by atoms with E-state index in [1.54, 1.807) is 0 Å². The van der Waals surface area contributed by atoms with E-state index in [1.165, 1.54) is 63.4 Å². The number of nitrogens with zero attached hydrogens (tertiary/aromatic N) is 2. The van der Waals surface area contributed by atoms with Gasteiger partial charge in [0.25, 0.3) is 0 Å². The molecule has 0 aromatic heterocycles. The highest BCUT2D eigenvalue weighted by molar-refractivity contribution is 5.57. The van der Waals surface area contributed by atoms with Crippen molar-refractivity contribution < 1.29 is 0 Å². The van der Waals surface area contributed by atoms with Crippen LogP contribution in [0.3, 0.4) is 0 Å². The van der Waals surface area contributed by atoms with Crippen molar-refractivity contribution in [1.82, 2.24) is 10.2 Å². The zero-order valence-corrected chi connectivity index (χ0v) is 11.1. The average Bonchev–Trinajstić information content (AvgIpc) is 2.64. The Hall–Kier alpha value is -1.06. The molecule has 1 aromatic rings. The first-order chi connectivity index (χ1) is 8.93. The topological polar surface area (TPSA) is 18.5 Å². The van der Waals surface area contributed by atoms with Crippen LogP contribution in [-0.4, -0.2) is 50.7 Å². The largest absolute Gasteiger partial charge is 0.370 e. The number of rotatable bonds is 3. The van der Waals surface area contributed by atoms with Gasteiger partial charge in [-0.05, 0) is 37.6 Å². The van der Waals surface area contributed by atoms with Gasteiger partial charge in [-0.25, -0.2) is 0 Å². The van der Waals surface area contributed by atoms with Crippen LogP contribution in [0, 0.1) is 0 Å². The molecule has 0 unspecified atom stereocenters. The lowest BCUT2D eigenvalue weighted by molar-refractivity contribution is 0.298. The molecule has 0 aliphatic carbocycles. The molecule has 3 nitrogen and oxygen atoms in total. The minimum Gasteiger partial charge on any atom is -0.370 e. The Morgan fingerprint density at radius 1 is 1.00 bits per heavy atom. The minimum absolute atomic E-state index is 1.15. The van der Waals surface area contributed by atoms with Gasteiger partial charge in [0.2, 0.25) is 0 Å². The molecule has 0 saturated carbocycles. The normalized spacial score (nSPS) is 20.8. The van der Waals surface area contributed by atoms with Crippen LogP contribution in [0.2, 0.25) is 0 Å². The Balaban J connectivity index is 1.55. The molecular formula is C15H23N3. The summed E-state index contributed by atoms with van der Waals surface area (Å²) in [6.07, 6.45) is 2.51. The van der Waals surface area contributed by atoms with Crippen LogP contribution in [0.15, 0.2) is 24.3 Å². The van der Waals surface area contributed by atoms with E-state index in [4.69, 9.17) is 0 Å². The highest BCUT2D eigenvalue weighted by Crippen LogP contribution is 2.26. The Morgan fingerprint density at radius 2 is 1.94 bits per heavy atom. The first-order valence-electron chi connectivity index (χ1n) is 7.19. The van der Waals surface area contributed by atoms with Gasteiger partial charge in [-0.1, -0.05) is 18.2 Å². The van der Waals surface area contributed by atoms with E-state index in [2.05, 4.69) is 39.4 Å². The van der Waals surface area contributed by atoms with Crippen LogP contribution in [-0.2, 0) is 6.42 Å². The molecule has 2 heterocycles. The Labute approximate surface area is 110 Å². The third-order valence-corrected chi connectivity index (χ3v) is 4.10. The van der Waals surface area contributed by atoms with Gasteiger partial charge < -0.3 is 15.1 Å². The summed E-state index contributed by atoms with van der Waals surface area (Å²) in [5, 5.41) is 3.47. The van der Waals surface area contributed by atoms with E-state index in [0.717, 1.165) is 6.54 Å². The highest BCUT2D eigenvalue weighted by Gasteiger charge is 2.18. The molecule has 1 fully saturated rings. The molecule has 0 amide bonds. The van der Waals surface area contributed by atoms with Crippen molar-refractivity contribution in [3.05, 3.63) is 29.8 Å². The lowest BCUT2D eigenvalue weighted by Gasteiger charge is -2.25. The fraction of sp³-hybridized carbons (Fsp3) is 0.600. The zero-order chi connectivity index (χ0) is 12.2. The quantitative estimate of drug-likeness (QED) is 0.867. The Kier molecular flexibility index (Phi) is 3.81. The Bertz CT molecular complexity index is 383. The number of hydrogen-bond acceptors (Lipinski definition) is 3. The maximum atomic E-state index is 3.47. The van der Waals surface area contributed by atoms with Crippen LogP contribution in [0.5, 0.6) is 0 Å². The number of hydrogen-bond donors (Lipinski definition) is 1. The highest BCUT2D eigenvalue weighted by atomic mass is 15.2. The number of nitrogens with one attached hydrogen (secondary N) is 1. The van der Waals surface area contributed by atoms with Gasteiger partial charge in [-0.2, -0.15) is 0 Å². The number of benzene rings is 1. The lowest BCUT2D eigenvalue weighted by Crippen LogP contribution is -2.36. The van der Waals surface area contributed by atoms with Gasteiger partial charge in [-0.15, -0.1) is 0 Å². The maximum absolute atomic E-state index is 3.47. The summed E-state index contributed by atoms with van der Waals surface area (Å²) in [5.74, 6) is 0. The second-order valence-corrected chi connectivity index (χ2v) is 5.31. The van der Waals surface area contributed by atoms with Crippen molar-refractivity contribution in [2.75, 3.05) is 50.7 Å². The molecule has 2 aliphatic heterocycles. The van der Waals surface area contributed by atoms with Crippen molar-refractivity contribution in [3.63, 3.8) is 0 Å². The summed E-state index contributed by atoms with van der Waals surface area (Å²) < 4.78 is 0. The third kappa shape index (κ3) is 2.68. The first kappa shape index (κ1) is 12.0.